The molecule has 0 aliphatic carbocycles. The van der Waals surface area contributed by atoms with Crippen LogP contribution in [0.2, 0.25) is 0 Å². The number of anilines is 1. The molecule has 0 bridgehead atoms. The minimum atomic E-state index is -0.340. The van der Waals surface area contributed by atoms with Crippen molar-refractivity contribution in [2.24, 2.45) is 5.92 Å². The van der Waals surface area contributed by atoms with E-state index in [1.165, 1.54) is 12.1 Å². The molecule has 3 heteroatoms. The molecule has 0 aliphatic heterocycles. The molecule has 14 heavy (non-hydrogen) atoms. The van der Waals surface area contributed by atoms with Crippen molar-refractivity contribution in [1.82, 2.24) is 0 Å². The van der Waals surface area contributed by atoms with E-state index in [2.05, 4.69) is 5.32 Å². The fraction of sp³-hybridized carbons (Fsp3) is 0.364. The van der Waals surface area contributed by atoms with Gasteiger partial charge in [-0.15, -0.1) is 0 Å². The van der Waals surface area contributed by atoms with Gasteiger partial charge in [-0.05, 0) is 24.1 Å². The second-order valence-corrected chi connectivity index (χ2v) is 3.66. The molecule has 0 heterocycles. The topological polar surface area (TPSA) is 29.1 Å². The summed E-state index contributed by atoms with van der Waals surface area (Å²) in [6.45, 7) is 3.93. The van der Waals surface area contributed by atoms with E-state index in [1.54, 1.807) is 12.1 Å². The first-order chi connectivity index (χ1) is 6.58. The van der Waals surface area contributed by atoms with Crippen LogP contribution in [0, 0.1) is 11.7 Å². The standard InChI is InChI=1S/C11H14FNO/c1-8(2)6-11(14)13-10-5-3-4-9(12)7-10/h3-5,7-8H,6H2,1-2H3,(H,13,14). The molecule has 0 spiro atoms. The predicted octanol–water partition coefficient (Wildman–Crippen LogP) is 2.81. The highest BCUT2D eigenvalue weighted by Crippen LogP contribution is 2.10. The Labute approximate surface area is 83.1 Å². The third-order valence-corrected chi connectivity index (χ3v) is 1.70. The normalized spacial score (nSPS) is 10.3. The van der Waals surface area contributed by atoms with Crippen molar-refractivity contribution in [2.75, 3.05) is 5.32 Å². The van der Waals surface area contributed by atoms with Gasteiger partial charge in [0.15, 0.2) is 0 Å². The van der Waals surface area contributed by atoms with Crippen LogP contribution in [0.25, 0.3) is 0 Å². The van der Waals surface area contributed by atoms with E-state index in [9.17, 15) is 9.18 Å². The zero-order valence-corrected chi connectivity index (χ0v) is 8.38. The number of amides is 1. The highest BCUT2D eigenvalue weighted by molar-refractivity contribution is 5.90. The zero-order chi connectivity index (χ0) is 10.6. The van der Waals surface area contributed by atoms with Gasteiger partial charge in [0.2, 0.25) is 5.91 Å². The summed E-state index contributed by atoms with van der Waals surface area (Å²) in [6.07, 6.45) is 0.455. The summed E-state index contributed by atoms with van der Waals surface area (Å²) in [5, 5.41) is 2.64. The van der Waals surface area contributed by atoms with Crippen LogP contribution in [0.4, 0.5) is 10.1 Å². The molecule has 1 aromatic rings. The number of carbonyl (C=O) groups is 1. The molecule has 1 aromatic carbocycles. The zero-order valence-electron chi connectivity index (χ0n) is 8.38. The lowest BCUT2D eigenvalue weighted by molar-refractivity contribution is -0.116. The predicted molar refractivity (Wildman–Crippen MR) is 54.5 cm³/mol. The molecule has 0 saturated carbocycles. The van der Waals surface area contributed by atoms with Gasteiger partial charge in [0.1, 0.15) is 5.82 Å². The number of carbonyl (C=O) groups excluding carboxylic acids is 1. The largest absolute Gasteiger partial charge is 0.326 e. The van der Waals surface area contributed by atoms with Gasteiger partial charge in [-0.1, -0.05) is 19.9 Å². The first-order valence-electron chi connectivity index (χ1n) is 4.63. The highest BCUT2D eigenvalue weighted by atomic mass is 19.1. The second kappa shape index (κ2) is 4.74. The van der Waals surface area contributed by atoms with Gasteiger partial charge < -0.3 is 5.32 Å². The van der Waals surface area contributed by atoms with Crippen LogP contribution in [0.15, 0.2) is 24.3 Å². The van der Waals surface area contributed by atoms with E-state index in [0.29, 0.717) is 18.0 Å². The average molecular weight is 195 g/mol. The Morgan fingerprint density at radius 3 is 2.79 bits per heavy atom. The van der Waals surface area contributed by atoms with Crippen LogP contribution in [0.3, 0.4) is 0 Å². The molecule has 1 amide bonds. The summed E-state index contributed by atoms with van der Waals surface area (Å²) in [4.78, 5) is 11.3. The fourth-order valence-corrected chi connectivity index (χ4v) is 1.15. The maximum Gasteiger partial charge on any atom is 0.224 e. The average Bonchev–Trinajstić information content (AvgIpc) is 2.01. The molecule has 0 unspecified atom stereocenters. The minimum absolute atomic E-state index is 0.0781. The van der Waals surface area contributed by atoms with Crippen LogP contribution in [0.1, 0.15) is 20.3 Å². The van der Waals surface area contributed by atoms with E-state index < -0.39 is 0 Å². The van der Waals surface area contributed by atoms with Crippen LogP contribution < -0.4 is 5.32 Å². The summed E-state index contributed by atoms with van der Waals surface area (Å²) < 4.78 is 12.7. The second-order valence-electron chi connectivity index (χ2n) is 3.66. The molecule has 1 rings (SSSR count). The molecule has 2 nitrogen and oxygen atoms in total. The third-order valence-electron chi connectivity index (χ3n) is 1.70. The fourth-order valence-electron chi connectivity index (χ4n) is 1.15. The van der Waals surface area contributed by atoms with Gasteiger partial charge in [-0.2, -0.15) is 0 Å². The van der Waals surface area contributed by atoms with Crippen molar-refractivity contribution in [3.05, 3.63) is 30.1 Å². The van der Waals surface area contributed by atoms with E-state index in [-0.39, 0.29) is 11.7 Å². The SMILES string of the molecule is CC(C)CC(=O)Nc1cccc(F)c1. The lowest BCUT2D eigenvalue weighted by atomic mass is 10.1. The first kappa shape index (κ1) is 10.7. The van der Waals surface area contributed by atoms with Gasteiger partial charge in [0.05, 0.1) is 0 Å². The molecule has 0 fully saturated rings. The Hall–Kier alpha value is -1.38. The lowest BCUT2D eigenvalue weighted by Gasteiger charge is -2.06. The molecule has 0 aliphatic rings. The monoisotopic (exact) mass is 195 g/mol. The van der Waals surface area contributed by atoms with Crippen molar-refractivity contribution >= 4 is 11.6 Å². The number of rotatable bonds is 3. The maximum absolute atomic E-state index is 12.7. The van der Waals surface area contributed by atoms with Crippen LogP contribution >= 0.6 is 0 Å². The van der Waals surface area contributed by atoms with Crippen molar-refractivity contribution in [1.29, 1.82) is 0 Å². The first-order valence-corrected chi connectivity index (χ1v) is 4.63. The van der Waals surface area contributed by atoms with E-state index in [1.807, 2.05) is 13.8 Å². The molecule has 0 atom stereocenters. The van der Waals surface area contributed by atoms with Gasteiger partial charge in [0, 0.05) is 12.1 Å². The highest BCUT2D eigenvalue weighted by Gasteiger charge is 2.05. The Bertz CT molecular complexity index is 323. The van der Waals surface area contributed by atoms with E-state index in [4.69, 9.17) is 0 Å². The van der Waals surface area contributed by atoms with Crippen molar-refractivity contribution in [3.63, 3.8) is 0 Å². The summed E-state index contributed by atoms with van der Waals surface area (Å²) in [5.74, 6) is -0.110. The number of benzene rings is 1. The maximum atomic E-state index is 12.7. The molecule has 76 valence electrons. The summed E-state index contributed by atoms with van der Waals surface area (Å²) >= 11 is 0. The molecular weight excluding hydrogens is 181 g/mol. The minimum Gasteiger partial charge on any atom is -0.326 e. The Kier molecular flexibility index (Phi) is 3.63. The van der Waals surface area contributed by atoms with Gasteiger partial charge in [0.25, 0.3) is 0 Å². The van der Waals surface area contributed by atoms with Crippen LogP contribution in [-0.2, 0) is 4.79 Å². The number of nitrogens with one attached hydrogen (secondary N) is 1. The third kappa shape index (κ3) is 3.56. The number of hydrogen-bond acceptors (Lipinski definition) is 1. The smallest absolute Gasteiger partial charge is 0.224 e. The lowest BCUT2D eigenvalue weighted by Crippen LogP contribution is -2.13. The Balaban J connectivity index is 2.56. The molecule has 1 N–H and O–H groups in total. The molecule has 0 aromatic heterocycles. The van der Waals surface area contributed by atoms with Gasteiger partial charge in [-0.3, -0.25) is 4.79 Å². The van der Waals surface area contributed by atoms with E-state index >= 15 is 0 Å². The van der Waals surface area contributed by atoms with Gasteiger partial charge in [-0.25, -0.2) is 4.39 Å². The summed E-state index contributed by atoms with van der Waals surface area (Å²) in [6, 6.07) is 5.89. The number of halogens is 1. The molecule has 0 radical (unpaired) electrons. The summed E-state index contributed by atoms with van der Waals surface area (Å²) in [7, 11) is 0. The van der Waals surface area contributed by atoms with Crippen LogP contribution in [0.5, 0.6) is 0 Å². The molecule has 0 saturated heterocycles. The quantitative estimate of drug-likeness (QED) is 0.789. The summed E-state index contributed by atoms with van der Waals surface area (Å²) in [5.41, 5.74) is 0.510. The Morgan fingerprint density at radius 1 is 1.50 bits per heavy atom. The van der Waals surface area contributed by atoms with Crippen molar-refractivity contribution in [3.8, 4) is 0 Å². The van der Waals surface area contributed by atoms with E-state index in [0.717, 1.165) is 0 Å². The number of hydrogen-bond donors (Lipinski definition) is 1. The molecular formula is C11H14FNO. The van der Waals surface area contributed by atoms with Crippen molar-refractivity contribution < 1.29 is 9.18 Å². The van der Waals surface area contributed by atoms with Crippen molar-refractivity contribution in [2.45, 2.75) is 20.3 Å². The van der Waals surface area contributed by atoms with Gasteiger partial charge >= 0.3 is 0 Å². The Morgan fingerprint density at radius 2 is 2.21 bits per heavy atom. The van der Waals surface area contributed by atoms with Crippen LogP contribution in [-0.4, -0.2) is 5.91 Å².